The highest BCUT2D eigenvalue weighted by atomic mass is 16.2. The maximum Gasteiger partial charge on any atom is 0.246 e. The number of carbonyl (C=O) groups excluding carboxylic acids is 2. The highest BCUT2D eigenvalue weighted by molar-refractivity contribution is 5.99. The molecule has 1 atom stereocenters. The molecule has 2 amide bonds. The fourth-order valence-corrected chi connectivity index (χ4v) is 2.23. The maximum absolute atomic E-state index is 12.6. The molecule has 19 heavy (non-hydrogen) atoms. The molecule has 0 radical (unpaired) electrons. The molecule has 1 unspecified atom stereocenters. The Labute approximate surface area is 116 Å². The van der Waals surface area contributed by atoms with Gasteiger partial charge in [-0.05, 0) is 31.6 Å². The molecular formula is C15H28N2O2. The van der Waals surface area contributed by atoms with Crippen LogP contribution in [0.4, 0.5) is 0 Å². The molecule has 1 rings (SSSR count). The van der Waals surface area contributed by atoms with E-state index >= 15 is 0 Å². The van der Waals surface area contributed by atoms with Crippen molar-refractivity contribution in [2.24, 2.45) is 11.3 Å². The second kappa shape index (κ2) is 5.14. The largest absolute Gasteiger partial charge is 0.342 e. The molecule has 1 aliphatic heterocycles. The Hall–Kier alpha value is -1.06. The molecule has 4 nitrogen and oxygen atoms in total. The Morgan fingerprint density at radius 3 is 2.21 bits per heavy atom. The highest BCUT2D eigenvalue weighted by Crippen LogP contribution is 2.27. The summed E-state index contributed by atoms with van der Waals surface area (Å²) in [6.45, 7) is 14.6. The lowest BCUT2D eigenvalue weighted by Crippen LogP contribution is -2.69. The van der Waals surface area contributed by atoms with Gasteiger partial charge in [0, 0.05) is 6.54 Å². The third kappa shape index (κ3) is 3.48. The van der Waals surface area contributed by atoms with Gasteiger partial charge >= 0.3 is 0 Å². The van der Waals surface area contributed by atoms with Crippen molar-refractivity contribution in [1.82, 2.24) is 10.2 Å². The molecule has 1 heterocycles. The van der Waals surface area contributed by atoms with E-state index in [1.54, 1.807) is 4.90 Å². The molecule has 0 saturated carbocycles. The lowest BCUT2D eigenvalue weighted by molar-refractivity contribution is -0.157. The van der Waals surface area contributed by atoms with Gasteiger partial charge in [-0.25, -0.2) is 0 Å². The maximum atomic E-state index is 12.6. The highest BCUT2D eigenvalue weighted by Gasteiger charge is 2.46. The van der Waals surface area contributed by atoms with Gasteiger partial charge in [0.15, 0.2) is 0 Å². The second-order valence-electron chi connectivity index (χ2n) is 7.55. The second-order valence-corrected chi connectivity index (χ2v) is 7.55. The van der Waals surface area contributed by atoms with Crippen LogP contribution in [0.1, 0.15) is 54.9 Å². The minimum atomic E-state index is -0.756. The monoisotopic (exact) mass is 268 g/mol. The molecule has 4 heteroatoms. The van der Waals surface area contributed by atoms with Crippen molar-refractivity contribution in [3.63, 3.8) is 0 Å². The predicted octanol–water partition coefficient (Wildman–Crippen LogP) is 2.18. The summed E-state index contributed by atoms with van der Waals surface area (Å²) >= 11 is 0. The molecule has 1 aliphatic rings. The molecule has 0 aliphatic carbocycles. The van der Waals surface area contributed by atoms with E-state index in [0.29, 0.717) is 6.54 Å². The van der Waals surface area contributed by atoms with E-state index in [2.05, 4.69) is 26.1 Å². The fourth-order valence-electron chi connectivity index (χ4n) is 2.23. The first-order valence-corrected chi connectivity index (χ1v) is 7.09. The van der Waals surface area contributed by atoms with Gasteiger partial charge in [-0.2, -0.15) is 0 Å². The van der Waals surface area contributed by atoms with Gasteiger partial charge in [0.2, 0.25) is 11.8 Å². The topological polar surface area (TPSA) is 49.4 Å². The van der Waals surface area contributed by atoms with Crippen LogP contribution in [0.2, 0.25) is 0 Å². The Kier molecular flexibility index (Phi) is 4.33. The zero-order valence-electron chi connectivity index (χ0n) is 13.3. The van der Waals surface area contributed by atoms with Crippen molar-refractivity contribution >= 4 is 11.8 Å². The SMILES string of the molecule is CC(C)C1NC(=O)C(C)(C)N(CCC(C)(C)C)C1=O. The standard InChI is InChI=1S/C15H28N2O2/c1-10(2)11-12(18)17(9-8-14(3,4)5)15(6,7)13(19)16-11/h10-11H,8-9H2,1-7H3,(H,16,19). The van der Waals surface area contributed by atoms with E-state index in [4.69, 9.17) is 0 Å². The van der Waals surface area contributed by atoms with E-state index in [-0.39, 0.29) is 29.2 Å². The summed E-state index contributed by atoms with van der Waals surface area (Å²) in [5.74, 6) is 0.105. The Balaban J connectivity index is 2.94. The van der Waals surface area contributed by atoms with Gasteiger partial charge in [-0.3, -0.25) is 9.59 Å². The summed E-state index contributed by atoms with van der Waals surface area (Å²) in [5.41, 5.74) is -0.606. The molecule has 110 valence electrons. The van der Waals surface area contributed by atoms with Crippen LogP contribution in [0.5, 0.6) is 0 Å². The number of nitrogens with one attached hydrogen (secondary N) is 1. The summed E-state index contributed by atoms with van der Waals surface area (Å²) in [5, 5.41) is 2.85. The molecule has 0 aromatic rings. The Bertz CT molecular complexity index is 367. The van der Waals surface area contributed by atoms with Gasteiger partial charge in [0.05, 0.1) is 0 Å². The molecule has 0 bridgehead atoms. The number of rotatable bonds is 3. The molecule has 1 fully saturated rings. The smallest absolute Gasteiger partial charge is 0.246 e. The van der Waals surface area contributed by atoms with Crippen molar-refractivity contribution in [3.05, 3.63) is 0 Å². The van der Waals surface area contributed by atoms with Crippen LogP contribution >= 0.6 is 0 Å². The van der Waals surface area contributed by atoms with Crippen molar-refractivity contribution in [1.29, 1.82) is 0 Å². The van der Waals surface area contributed by atoms with E-state index in [1.807, 2.05) is 27.7 Å². The number of carbonyl (C=O) groups is 2. The van der Waals surface area contributed by atoms with E-state index in [9.17, 15) is 9.59 Å². The minimum Gasteiger partial charge on any atom is -0.342 e. The van der Waals surface area contributed by atoms with Crippen LogP contribution < -0.4 is 5.32 Å². The van der Waals surface area contributed by atoms with Gasteiger partial charge in [-0.15, -0.1) is 0 Å². The quantitative estimate of drug-likeness (QED) is 0.853. The third-order valence-corrected chi connectivity index (χ3v) is 3.80. The van der Waals surface area contributed by atoms with Gasteiger partial charge in [0.25, 0.3) is 0 Å². The molecule has 0 spiro atoms. The van der Waals surface area contributed by atoms with Crippen LogP contribution in [0.25, 0.3) is 0 Å². The summed E-state index contributed by atoms with van der Waals surface area (Å²) in [7, 11) is 0. The van der Waals surface area contributed by atoms with Crippen LogP contribution in [0.3, 0.4) is 0 Å². The average molecular weight is 268 g/mol. The van der Waals surface area contributed by atoms with Gasteiger partial charge < -0.3 is 10.2 Å². The van der Waals surface area contributed by atoms with Gasteiger partial charge in [-0.1, -0.05) is 34.6 Å². The van der Waals surface area contributed by atoms with E-state index in [1.165, 1.54) is 0 Å². The average Bonchev–Trinajstić information content (AvgIpc) is 2.21. The first-order chi connectivity index (χ1) is 8.47. The summed E-state index contributed by atoms with van der Waals surface area (Å²) in [4.78, 5) is 26.5. The fraction of sp³-hybridized carbons (Fsp3) is 0.867. The first-order valence-electron chi connectivity index (χ1n) is 7.09. The number of hydrogen-bond acceptors (Lipinski definition) is 2. The lowest BCUT2D eigenvalue weighted by atomic mass is 9.88. The molecular weight excluding hydrogens is 240 g/mol. The summed E-state index contributed by atoms with van der Waals surface area (Å²) < 4.78 is 0. The molecule has 0 aromatic heterocycles. The lowest BCUT2D eigenvalue weighted by Gasteiger charge is -2.46. The van der Waals surface area contributed by atoms with Crippen molar-refractivity contribution in [3.8, 4) is 0 Å². The molecule has 1 N–H and O–H groups in total. The number of piperazine rings is 1. The molecule has 1 saturated heterocycles. The number of amides is 2. The van der Waals surface area contributed by atoms with Crippen LogP contribution in [-0.4, -0.2) is 34.8 Å². The predicted molar refractivity (Wildman–Crippen MR) is 76.6 cm³/mol. The van der Waals surface area contributed by atoms with E-state index < -0.39 is 5.54 Å². The van der Waals surface area contributed by atoms with Crippen molar-refractivity contribution in [2.75, 3.05) is 6.54 Å². The van der Waals surface area contributed by atoms with Crippen molar-refractivity contribution < 1.29 is 9.59 Å². The van der Waals surface area contributed by atoms with Gasteiger partial charge in [0.1, 0.15) is 11.6 Å². The summed E-state index contributed by atoms with van der Waals surface area (Å²) in [6.07, 6.45) is 0.889. The summed E-state index contributed by atoms with van der Waals surface area (Å²) in [6, 6.07) is -0.388. The molecule has 0 aromatic carbocycles. The third-order valence-electron chi connectivity index (χ3n) is 3.80. The first kappa shape index (κ1) is 16.0. The van der Waals surface area contributed by atoms with Crippen LogP contribution in [0.15, 0.2) is 0 Å². The number of nitrogens with zero attached hydrogens (tertiary/aromatic N) is 1. The Morgan fingerprint density at radius 2 is 1.79 bits per heavy atom. The van der Waals surface area contributed by atoms with Crippen LogP contribution in [-0.2, 0) is 9.59 Å². The van der Waals surface area contributed by atoms with Crippen molar-refractivity contribution in [2.45, 2.75) is 66.5 Å². The minimum absolute atomic E-state index is 0.0452. The zero-order chi connectivity index (χ0) is 15.0. The zero-order valence-corrected chi connectivity index (χ0v) is 13.3. The normalized spacial score (nSPS) is 23.8. The number of hydrogen-bond donors (Lipinski definition) is 1. The van der Waals surface area contributed by atoms with E-state index in [0.717, 1.165) is 6.42 Å². The Morgan fingerprint density at radius 1 is 1.26 bits per heavy atom. The van der Waals surface area contributed by atoms with Crippen LogP contribution in [0, 0.1) is 11.3 Å².